The van der Waals surface area contributed by atoms with Crippen LogP contribution < -0.4 is 5.32 Å². The number of benzene rings is 1. The van der Waals surface area contributed by atoms with Crippen LogP contribution in [0, 0.1) is 0 Å². The van der Waals surface area contributed by atoms with E-state index in [0.717, 1.165) is 34.7 Å². The Kier molecular flexibility index (Phi) is 5.29. The first-order valence-electron chi connectivity index (χ1n) is 10.4. The number of carbonyl (C=O) groups is 2. The lowest BCUT2D eigenvalue weighted by Gasteiger charge is -2.25. The summed E-state index contributed by atoms with van der Waals surface area (Å²) >= 11 is 1.43. The number of aryl methyl sites for hydroxylation is 1. The van der Waals surface area contributed by atoms with E-state index in [0.29, 0.717) is 36.9 Å². The van der Waals surface area contributed by atoms with Crippen molar-refractivity contribution < 1.29 is 14.3 Å². The Morgan fingerprint density at radius 3 is 2.87 bits per heavy atom. The first kappa shape index (κ1) is 19.9. The van der Waals surface area contributed by atoms with Crippen molar-refractivity contribution in [1.82, 2.24) is 19.7 Å². The summed E-state index contributed by atoms with van der Waals surface area (Å²) in [5, 5.41) is 7.96. The van der Waals surface area contributed by atoms with E-state index >= 15 is 0 Å². The summed E-state index contributed by atoms with van der Waals surface area (Å²) in [6, 6.07) is 11.7. The summed E-state index contributed by atoms with van der Waals surface area (Å²) in [7, 11) is 1.79. The molecule has 1 atom stereocenters. The molecule has 1 N–H and O–H groups in total. The quantitative estimate of drug-likeness (QED) is 0.678. The molecule has 9 heteroatoms. The number of fused-ring (bicyclic) bond motifs is 1. The first-order chi connectivity index (χ1) is 15.1. The monoisotopic (exact) mass is 437 g/mol. The predicted octanol–water partition coefficient (Wildman–Crippen LogP) is 2.86. The number of anilines is 1. The fourth-order valence-corrected chi connectivity index (χ4v) is 5.00. The highest BCUT2D eigenvalue weighted by molar-refractivity contribution is 7.15. The van der Waals surface area contributed by atoms with Gasteiger partial charge in [-0.3, -0.25) is 19.6 Å². The molecule has 0 saturated carbocycles. The minimum absolute atomic E-state index is 0.0545. The van der Waals surface area contributed by atoms with Gasteiger partial charge in [-0.15, -0.1) is 0 Å². The first-order valence-corrected chi connectivity index (χ1v) is 11.2. The number of amides is 2. The molecule has 0 bridgehead atoms. The lowest BCUT2D eigenvalue weighted by molar-refractivity contribution is -0.124. The largest absolute Gasteiger partial charge is 0.368 e. The van der Waals surface area contributed by atoms with E-state index < -0.39 is 0 Å². The van der Waals surface area contributed by atoms with Crippen LogP contribution in [0.2, 0.25) is 0 Å². The Morgan fingerprint density at radius 2 is 2.10 bits per heavy atom. The third-order valence-electron chi connectivity index (χ3n) is 5.64. The van der Waals surface area contributed by atoms with E-state index in [-0.39, 0.29) is 17.9 Å². The summed E-state index contributed by atoms with van der Waals surface area (Å²) in [4.78, 5) is 32.9. The third-order valence-corrected chi connectivity index (χ3v) is 6.64. The Balaban J connectivity index is 1.29. The maximum atomic E-state index is 13.2. The Hall–Kier alpha value is -3.04. The van der Waals surface area contributed by atoms with Gasteiger partial charge < -0.3 is 9.64 Å². The van der Waals surface area contributed by atoms with Gasteiger partial charge in [0.15, 0.2) is 5.13 Å². The van der Waals surface area contributed by atoms with Crippen LogP contribution in [0.3, 0.4) is 0 Å². The highest BCUT2D eigenvalue weighted by Gasteiger charge is 2.29. The molecule has 1 fully saturated rings. The zero-order chi connectivity index (χ0) is 21.4. The molecule has 0 aliphatic carbocycles. The average Bonchev–Trinajstić information content (AvgIpc) is 3.53. The van der Waals surface area contributed by atoms with Crippen molar-refractivity contribution in [2.75, 3.05) is 18.5 Å². The Morgan fingerprint density at radius 1 is 1.26 bits per heavy atom. The van der Waals surface area contributed by atoms with Gasteiger partial charge in [0.1, 0.15) is 11.8 Å². The zero-order valence-corrected chi connectivity index (χ0v) is 18.0. The number of hydrogen-bond acceptors (Lipinski definition) is 6. The van der Waals surface area contributed by atoms with Crippen LogP contribution in [-0.4, -0.2) is 50.7 Å². The van der Waals surface area contributed by atoms with Crippen LogP contribution in [0.5, 0.6) is 0 Å². The van der Waals surface area contributed by atoms with Gasteiger partial charge in [0, 0.05) is 37.1 Å². The summed E-state index contributed by atoms with van der Waals surface area (Å²) in [5.74, 6) is -0.193. The molecule has 8 nitrogen and oxygen atoms in total. The minimum Gasteiger partial charge on any atom is -0.368 e. The van der Waals surface area contributed by atoms with Crippen molar-refractivity contribution in [3.63, 3.8) is 0 Å². The van der Waals surface area contributed by atoms with Crippen molar-refractivity contribution in [1.29, 1.82) is 0 Å². The fraction of sp³-hybridized carbons (Fsp3) is 0.364. The summed E-state index contributed by atoms with van der Waals surface area (Å²) in [6.07, 6.45) is 1.93. The van der Waals surface area contributed by atoms with Crippen LogP contribution in [0.25, 0.3) is 11.3 Å². The maximum Gasteiger partial charge on any atom is 0.272 e. The number of hydrogen-bond donors (Lipinski definition) is 1. The van der Waals surface area contributed by atoms with Gasteiger partial charge in [-0.25, -0.2) is 4.98 Å². The standard InChI is InChI=1S/C22H23N5O3S/c1-26-17(12-16(25-26)14-6-3-2-4-7-14)21(29)27-10-9-15-19(13-27)31-22(23-15)24-20(28)18-8-5-11-30-18/h2-4,6-7,12,18H,5,8-11,13H2,1H3,(H,23,24,28)/t18-/m0/s1. The lowest BCUT2D eigenvalue weighted by atomic mass is 10.1. The van der Waals surface area contributed by atoms with E-state index in [1.54, 1.807) is 11.7 Å². The molecule has 1 aromatic carbocycles. The maximum absolute atomic E-state index is 13.2. The second-order valence-corrected chi connectivity index (χ2v) is 8.84. The van der Waals surface area contributed by atoms with Gasteiger partial charge in [-0.1, -0.05) is 41.7 Å². The molecule has 2 amide bonds. The van der Waals surface area contributed by atoms with E-state index in [2.05, 4.69) is 15.4 Å². The Labute approximate surface area is 183 Å². The number of carbonyl (C=O) groups excluding carboxylic acids is 2. The molecular formula is C22H23N5O3S. The van der Waals surface area contributed by atoms with Gasteiger partial charge in [0.25, 0.3) is 11.8 Å². The number of thiazole rings is 1. The van der Waals surface area contributed by atoms with E-state index in [9.17, 15) is 9.59 Å². The molecule has 0 radical (unpaired) electrons. The minimum atomic E-state index is -0.386. The van der Waals surface area contributed by atoms with Gasteiger partial charge in [0.2, 0.25) is 0 Å². The summed E-state index contributed by atoms with van der Waals surface area (Å²) in [5.41, 5.74) is 3.26. The van der Waals surface area contributed by atoms with Crippen molar-refractivity contribution in [3.05, 3.63) is 52.7 Å². The number of rotatable bonds is 4. The number of nitrogens with one attached hydrogen (secondary N) is 1. The Bertz CT molecular complexity index is 1120. The molecule has 31 heavy (non-hydrogen) atoms. The fourth-order valence-electron chi connectivity index (χ4n) is 3.97. The summed E-state index contributed by atoms with van der Waals surface area (Å²) in [6.45, 7) is 1.69. The van der Waals surface area contributed by atoms with Crippen molar-refractivity contribution in [3.8, 4) is 11.3 Å². The molecule has 5 rings (SSSR count). The molecule has 160 valence electrons. The van der Waals surface area contributed by atoms with Crippen LogP contribution >= 0.6 is 11.3 Å². The van der Waals surface area contributed by atoms with Gasteiger partial charge >= 0.3 is 0 Å². The molecule has 2 aromatic heterocycles. The van der Waals surface area contributed by atoms with E-state index in [4.69, 9.17) is 4.74 Å². The van der Waals surface area contributed by atoms with Crippen LogP contribution in [0.1, 0.15) is 33.9 Å². The van der Waals surface area contributed by atoms with Gasteiger partial charge in [-0.05, 0) is 18.9 Å². The molecule has 4 heterocycles. The molecule has 2 aliphatic rings. The van der Waals surface area contributed by atoms with Gasteiger partial charge in [-0.2, -0.15) is 5.10 Å². The van der Waals surface area contributed by atoms with E-state index in [1.807, 2.05) is 41.3 Å². The number of aromatic nitrogens is 3. The van der Waals surface area contributed by atoms with E-state index in [1.165, 1.54) is 11.3 Å². The lowest BCUT2D eigenvalue weighted by Crippen LogP contribution is -2.36. The van der Waals surface area contributed by atoms with Crippen molar-refractivity contribution >= 4 is 28.3 Å². The van der Waals surface area contributed by atoms with Gasteiger partial charge in [0.05, 0.1) is 17.9 Å². The molecule has 0 unspecified atom stereocenters. The summed E-state index contributed by atoms with van der Waals surface area (Å²) < 4.78 is 7.07. The topological polar surface area (TPSA) is 89.4 Å². The second-order valence-electron chi connectivity index (χ2n) is 7.76. The van der Waals surface area contributed by atoms with Crippen molar-refractivity contribution in [2.45, 2.75) is 31.9 Å². The highest BCUT2D eigenvalue weighted by atomic mass is 32.1. The second kappa shape index (κ2) is 8.24. The zero-order valence-electron chi connectivity index (χ0n) is 17.2. The number of nitrogens with zero attached hydrogens (tertiary/aromatic N) is 4. The third kappa shape index (κ3) is 3.98. The van der Waals surface area contributed by atoms with Crippen LogP contribution in [0.15, 0.2) is 36.4 Å². The SMILES string of the molecule is Cn1nc(-c2ccccc2)cc1C(=O)N1CCc2nc(NC(=O)[C@@H]3CCCO3)sc2C1. The normalized spacial score (nSPS) is 18.1. The molecule has 2 aliphatic heterocycles. The smallest absolute Gasteiger partial charge is 0.272 e. The molecule has 1 saturated heterocycles. The number of ether oxygens (including phenoxy) is 1. The molecular weight excluding hydrogens is 414 g/mol. The molecule has 3 aromatic rings. The average molecular weight is 438 g/mol. The van der Waals surface area contributed by atoms with Crippen LogP contribution in [0.4, 0.5) is 5.13 Å². The van der Waals surface area contributed by atoms with Crippen LogP contribution in [-0.2, 0) is 29.5 Å². The predicted molar refractivity (Wildman–Crippen MR) is 117 cm³/mol. The molecule has 0 spiro atoms. The van der Waals surface area contributed by atoms with Crippen molar-refractivity contribution in [2.24, 2.45) is 7.05 Å². The highest BCUT2D eigenvalue weighted by Crippen LogP contribution is 2.30.